The van der Waals surface area contributed by atoms with Gasteiger partial charge in [0.1, 0.15) is 11.6 Å². The van der Waals surface area contributed by atoms with Crippen LogP contribution in [0.4, 0.5) is 4.39 Å². The summed E-state index contributed by atoms with van der Waals surface area (Å²) in [6, 6.07) is 6.12. The number of aromatic amines is 1. The van der Waals surface area contributed by atoms with E-state index in [4.69, 9.17) is 0 Å². The van der Waals surface area contributed by atoms with Crippen molar-refractivity contribution in [3.05, 3.63) is 53.4 Å². The molecule has 5 nitrogen and oxygen atoms in total. The molecular formula is C16H21FN4O. The van der Waals surface area contributed by atoms with E-state index in [0.717, 1.165) is 17.1 Å². The molecule has 2 aromatic rings. The molecule has 1 atom stereocenters. The number of H-pyrrole nitrogens is 1. The van der Waals surface area contributed by atoms with E-state index in [1.165, 1.54) is 12.1 Å². The Morgan fingerprint density at radius 1 is 1.41 bits per heavy atom. The molecule has 0 saturated carbocycles. The average Bonchev–Trinajstić information content (AvgIpc) is 2.88. The largest absolute Gasteiger partial charge is 0.345 e. The Morgan fingerprint density at radius 3 is 2.68 bits per heavy atom. The second-order valence-electron chi connectivity index (χ2n) is 5.54. The summed E-state index contributed by atoms with van der Waals surface area (Å²) in [5.41, 5.74) is 1.93. The van der Waals surface area contributed by atoms with Crippen molar-refractivity contribution in [3.8, 4) is 0 Å². The molecule has 0 aliphatic heterocycles. The third-order valence-electron chi connectivity index (χ3n) is 3.29. The fourth-order valence-electron chi connectivity index (χ4n) is 2.21. The van der Waals surface area contributed by atoms with Crippen LogP contribution < -0.4 is 5.32 Å². The standard InChI is InChI=1S/C16H21FN4O/c1-11-8-18-16(19-11)12(2)20-15(22)10-21(3)9-13-4-6-14(17)7-5-13/h4-8,12H,9-10H2,1-3H3,(H,18,19)(H,20,22)/t12-/m0/s1. The minimum absolute atomic E-state index is 0.0776. The Labute approximate surface area is 129 Å². The molecule has 1 amide bonds. The minimum Gasteiger partial charge on any atom is -0.345 e. The lowest BCUT2D eigenvalue weighted by Gasteiger charge is -2.18. The highest BCUT2D eigenvalue weighted by Gasteiger charge is 2.13. The van der Waals surface area contributed by atoms with E-state index in [0.29, 0.717) is 6.54 Å². The van der Waals surface area contributed by atoms with Gasteiger partial charge in [0.05, 0.1) is 12.6 Å². The third-order valence-corrected chi connectivity index (χ3v) is 3.29. The zero-order valence-corrected chi connectivity index (χ0v) is 13.1. The fourth-order valence-corrected chi connectivity index (χ4v) is 2.21. The second-order valence-corrected chi connectivity index (χ2v) is 5.54. The van der Waals surface area contributed by atoms with Crippen molar-refractivity contribution in [3.63, 3.8) is 0 Å². The Bertz CT molecular complexity index is 623. The highest BCUT2D eigenvalue weighted by atomic mass is 19.1. The smallest absolute Gasteiger partial charge is 0.234 e. The van der Waals surface area contributed by atoms with Crippen LogP contribution in [0, 0.1) is 12.7 Å². The van der Waals surface area contributed by atoms with E-state index in [-0.39, 0.29) is 24.3 Å². The molecule has 0 spiro atoms. The Balaban J connectivity index is 1.82. The molecule has 1 heterocycles. The van der Waals surface area contributed by atoms with Crippen LogP contribution in [0.25, 0.3) is 0 Å². The first kappa shape index (κ1) is 16.2. The molecule has 1 aromatic heterocycles. The van der Waals surface area contributed by atoms with Gasteiger partial charge in [-0.05, 0) is 38.6 Å². The lowest BCUT2D eigenvalue weighted by Crippen LogP contribution is -2.36. The fraction of sp³-hybridized carbons (Fsp3) is 0.375. The quantitative estimate of drug-likeness (QED) is 0.860. The average molecular weight is 304 g/mol. The molecule has 22 heavy (non-hydrogen) atoms. The molecule has 1 aromatic carbocycles. The first-order valence-electron chi connectivity index (χ1n) is 7.18. The Hall–Kier alpha value is -2.21. The van der Waals surface area contributed by atoms with Crippen LogP contribution in [0.15, 0.2) is 30.5 Å². The van der Waals surface area contributed by atoms with Gasteiger partial charge >= 0.3 is 0 Å². The van der Waals surface area contributed by atoms with Gasteiger partial charge in [0.2, 0.25) is 5.91 Å². The number of hydrogen-bond donors (Lipinski definition) is 2. The zero-order chi connectivity index (χ0) is 16.1. The van der Waals surface area contributed by atoms with Crippen LogP contribution in [0.1, 0.15) is 30.0 Å². The molecule has 2 rings (SSSR count). The van der Waals surface area contributed by atoms with Gasteiger partial charge in [0.15, 0.2) is 0 Å². The maximum absolute atomic E-state index is 12.9. The van der Waals surface area contributed by atoms with Gasteiger partial charge in [0, 0.05) is 18.4 Å². The lowest BCUT2D eigenvalue weighted by atomic mass is 10.2. The summed E-state index contributed by atoms with van der Waals surface area (Å²) in [4.78, 5) is 21.2. The first-order valence-corrected chi connectivity index (χ1v) is 7.18. The van der Waals surface area contributed by atoms with Crippen LogP contribution >= 0.6 is 0 Å². The topological polar surface area (TPSA) is 61.0 Å². The van der Waals surface area contributed by atoms with Crippen molar-refractivity contribution < 1.29 is 9.18 Å². The summed E-state index contributed by atoms with van der Waals surface area (Å²) < 4.78 is 12.9. The SMILES string of the molecule is Cc1cnc([C@H](C)NC(=O)CN(C)Cc2ccc(F)cc2)[nH]1. The number of nitrogens with one attached hydrogen (secondary N) is 2. The first-order chi connectivity index (χ1) is 10.4. The van der Waals surface area contributed by atoms with Gasteiger partial charge in [0.25, 0.3) is 0 Å². The predicted octanol–water partition coefficient (Wildman–Crippen LogP) is 2.17. The van der Waals surface area contributed by atoms with E-state index < -0.39 is 0 Å². The number of halogens is 1. The molecule has 0 unspecified atom stereocenters. The number of likely N-dealkylation sites (N-methyl/N-ethyl adjacent to an activating group) is 1. The third kappa shape index (κ3) is 4.66. The summed E-state index contributed by atoms with van der Waals surface area (Å²) in [6.45, 7) is 4.65. The van der Waals surface area contributed by atoms with Gasteiger partial charge in [-0.1, -0.05) is 12.1 Å². The van der Waals surface area contributed by atoms with Crippen LogP contribution in [-0.2, 0) is 11.3 Å². The second kappa shape index (κ2) is 7.17. The van der Waals surface area contributed by atoms with Crippen molar-refractivity contribution in [1.29, 1.82) is 0 Å². The number of carbonyl (C=O) groups is 1. The number of amides is 1. The molecular weight excluding hydrogens is 283 g/mol. The number of benzene rings is 1. The van der Waals surface area contributed by atoms with Crippen molar-refractivity contribution in [1.82, 2.24) is 20.2 Å². The van der Waals surface area contributed by atoms with Crippen LogP contribution in [-0.4, -0.2) is 34.4 Å². The highest BCUT2D eigenvalue weighted by molar-refractivity contribution is 5.78. The van der Waals surface area contributed by atoms with Crippen LogP contribution in [0.3, 0.4) is 0 Å². The zero-order valence-electron chi connectivity index (χ0n) is 13.1. The van der Waals surface area contributed by atoms with E-state index in [1.807, 2.05) is 25.8 Å². The van der Waals surface area contributed by atoms with E-state index in [2.05, 4.69) is 15.3 Å². The van der Waals surface area contributed by atoms with E-state index in [9.17, 15) is 9.18 Å². The Kier molecular flexibility index (Phi) is 5.27. The van der Waals surface area contributed by atoms with Gasteiger partial charge in [-0.15, -0.1) is 0 Å². The predicted molar refractivity (Wildman–Crippen MR) is 82.6 cm³/mol. The molecule has 0 aliphatic carbocycles. The highest BCUT2D eigenvalue weighted by Crippen LogP contribution is 2.08. The van der Waals surface area contributed by atoms with Crippen molar-refractivity contribution in [2.75, 3.05) is 13.6 Å². The van der Waals surface area contributed by atoms with Gasteiger partial charge in [-0.25, -0.2) is 9.37 Å². The number of aryl methyl sites for hydroxylation is 1. The van der Waals surface area contributed by atoms with E-state index in [1.54, 1.807) is 18.3 Å². The maximum Gasteiger partial charge on any atom is 0.234 e. The molecule has 6 heteroatoms. The summed E-state index contributed by atoms with van der Waals surface area (Å²) in [7, 11) is 1.85. The Morgan fingerprint density at radius 2 is 2.09 bits per heavy atom. The summed E-state index contributed by atoms with van der Waals surface area (Å²) in [5, 5.41) is 2.90. The molecule has 0 aliphatic rings. The lowest BCUT2D eigenvalue weighted by molar-refractivity contribution is -0.122. The summed E-state index contributed by atoms with van der Waals surface area (Å²) in [6.07, 6.45) is 1.73. The molecule has 0 fully saturated rings. The molecule has 118 valence electrons. The number of hydrogen-bond acceptors (Lipinski definition) is 3. The molecule has 0 saturated heterocycles. The normalized spacial score (nSPS) is 12.4. The number of carbonyl (C=O) groups excluding carboxylic acids is 1. The van der Waals surface area contributed by atoms with Crippen LogP contribution in [0.5, 0.6) is 0 Å². The van der Waals surface area contributed by atoms with Crippen LogP contribution in [0.2, 0.25) is 0 Å². The van der Waals surface area contributed by atoms with Crippen molar-refractivity contribution in [2.45, 2.75) is 26.4 Å². The molecule has 2 N–H and O–H groups in total. The van der Waals surface area contributed by atoms with Gasteiger partial charge in [-0.3, -0.25) is 9.69 Å². The summed E-state index contributed by atoms with van der Waals surface area (Å²) >= 11 is 0. The van der Waals surface area contributed by atoms with Gasteiger partial charge in [-0.2, -0.15) is 0 Å². The van der Waals surface area contributed by atoms with Gasteiger partial charge < -0.3 is 10.3 Å². The van der Waals surface area contributed by atoms with Crippen molar-refractivity contribution >= 4 is 5.91 Å². The number of nitrogens with zero attached hydrogens (tertiary/aromatic N) is 2. The monoisotopic (exact) mass is 304 g/mol. The number of imidazole rings is 1. The van der Waals surface area contributed by atoms with E-state index >= 15 is 0 Å². The minimum atomic E-state index is -0.258. The van der Waals surface area contributed by atoms with Crippen molar-refractivity contribution in [2.24, 2.45) is 0 Å². The molecule has 0 radical (unpaired) electrons. The number of aromatic nitrogens is 2. The summed E-state index contributed by atoms with van der Waals surface area (Å²) in [5.74, 6) is 0.407. The number of rotatable bonds is 6. The maximum atomic E-state index is 12.9. The molecule has 0 bridgehead atoms.